The Kier molecular flexibility index (Phi) is 7.29. The van der Waals surface area contributed by atoms with E-state index in [1.807, 2.05) is 30.3 Å². The zero-order valence-corrected chi connectivity index (χ0v) is 18.3. The molecule has 1 heterocycles. The van der Waals surface area contributed by atoms with Gasteiger partial charge in [-0.15, -0.1) is 0 Å². The van der Waals surface area contributed by atoms with Crippen LogP contribution in [0.2, 0.25) is 0 Å². The van der Waals surface area contributed by atoms with Crippen molar-refractivity contribution in [1.82, 2.24) is 4.90 Å². The van der Waals surface area contributed by atoms with Crippen molar-refractivity contribution < 1.29 is 29.0 Å². The van der Waals surface area contributed by atoms with Crippen molar-refractivity contribution >= 4 is 18.0 Å². The Hall–Kier alpha value is -2.83. The van der Waals surface area contributed by atoms with Gasteiger partial charge in [0.2, 0.25) is 0 Å². The third-order valence-corrected chi connectivity index (χ3v) is 5.06. The molecule has 1 saturated heterocycles. The number of carboxylic acids is 1. The minimum Gasteiger partial charge on any atom is -0.481 e. The molecule has 0 unspecified atom stereocenters. The summed E-state index contributed by atoms with van der Waals surface area (Å²) in [5, 5.41) is 9.55. The monoisotopic (exact) mass is 417 g/mol. The van der Waals surface area contributed by atoms with Crippen molar-refractivity contribution in [3.63, 3.8) is 0 Å². The summed E-state index contributed by atoms with van der Waals surface area (Å²) in [5.74, 6) is -2.85. The highest BCUT2D eigenvalue weighted by molar-refractivity contribution is 5.84. The fourth-order valence-electron chi connectivity index (χ4n) is 4.13. The molecule has 1 aliphatic heterocycles. The van der Waals surface area contributed by atoms with Crippen molar-refractivity contribution in [1.29, 1.82) is 0 Å². The van der Waals surface area contributed by atoms with E-state index in [1.54, 1.807) is 34.6 Å². The zero-order valence-electron chi connectivity index (χ0n) is 18.3. The van der Waals surface area contributed by atoms with Crippen LogP contribution >= 0.6 is 0 Å². The van der Waals surface area contributed by atoms with Crippen LogP contribution in [0.15, 0.2) is 42.5 Å². The van der Waals surface area contributed by atoms with Gasteiger partial charge in [0.25, 0.3) is 0 Å². The van der Waals surface area contributed by atoms with Crippen molar-refractivity contribution in [2.24, 2.45) is 11.8 Å². The predicted octanol–water partition coefficient (Wildman–Crippen LogP) is 4.19. The number of nitrogens with zero attached hydrogens (tertiary/aromatic N) is 1. The Morgan fingerprint density at radius 2 is 1.77 bits per heavy atom. The van der Waals surface area contributed by atoms with Gasteiger partial charge in [-0.2, -0.15) is 0 Å². The summed E-state index contributed by atoms with van der Waals surface area (Å²) in [4.78, 5) is 39.3. The topological polar surface area (TPSA) is 93.1 Å². The van der Waals surface area contributed by atoms with E-state index in [4.69, 9.17) is 9.47 Å². The van der Waals surface area contributed by atoms with Gasteiger partial charge in [-0.25, -0.2) is 9.59 Å². The van der Waals surface area contributed by atoms with Crippen LogP contribution in [0, 0.1) is 11.8 Å². The molecule has 0 spiro atoms. The van der Waals surface area contributed by atoms with Gasteiger partial charge in [0.05, 0.1) is 19.1 Å². The lowest BCUT2D eigenvalue weighted by molar-refractivity contribution is -0.151. The SMILES string of the molecule is C=C(C)[C@@H]1[C@H](CC(=O)O)[C@@H](C(=O)OCC)N(C(=O)OC(C)(C)C)[C@@H]1c1ccccc1. The molecule has 164 valence electrons. The number of hydrogen-bond donors (Lipinski definition) is 1. The van der Waals surface area contributed by atoms with Crippen LogP contribution in [0.4, 0.5) is 4.79 Å². The quantitative estimate of drug-likeness (QED) is 0.551. The molecule has 1 fully saturated rings. The highest BCUT2D eigenvalue weighted by Crippen LogP contribution is 2.50. The molecule has 0 aromatic heterocycles. The lowest BCUT2D eigenvalue weighted by Crippen LogP contribution is -2.47. The van der Waals surface area contributed by atoms with E-state index in [2.05, 4.69) is 6.58 Å². The van der Waals surface area contributed by atoms with Crippen molar-refractivity contribution in [3.05, 3.63) is 48.0 Å². The molecule has 7 nitrogen and oxygen atoms in total. The molecule has 4 atom stereocenters. The number of carboxylic acid groups (broad SMARTS) is 1. The zero-order chi connectivity index (χ0) is 22.6. The average Bonchev–Trinajstić information content (AvgIpc) is 2.95. The second-order valence-corrected chi connectivity index (χ2v) is 8.57. The summed E-state index contributed by atoms with van der Waals surface area (Å²) in [7, 11) is 0. The number of ether oxygens (including phenoxy) is 2. The molecule has 1 N–H and O–H groups in total. The Morgan fingerprint density at radius 3 is 2.23 bits per heavy atom. The molecule has 1 aromatic rings. The Balaban J connectivity index is 2.68. The van der Waals surface area contributed by atoms with E-state index < -0.39 is 47.6 Å². The van der Waals surface area contributed by atoms with Gasteiger partial charge in [-0.3, -0.25) is 9.69 Å². The lowest BCUT2D eigenvalue weighted by Gasteiger charge is -2.33. The highest BCUT2D eigenvalue weighted by atomic mass is 16.6. The average molecular weight is 418 g/mol. The molecule has 0 saturated carbocycles. The summed E-state index contributed by atoms with van der Waals surface area (Å²) >= 11 is 0. The molecule has 0 aliphatic carbocycles. The number of amides is 1. The number of benzene rings is 1. The second kappa shape index (κ2) is 9.32. The van der Waals surface area contributed by atoms with E-state index in [0.29, 0.717) is 5.57 Å². The molecule has 1 aromatic carbocycles. The second-order valence-electron chi connectivity index (χ2n) is 8.57. The third kappa shape index (κ3) is 5.20. The van der Waals surface area contributed by atoms with Gasteiger partial charge in [0, 0.05) is 11.8 Å². The van der Waals surface area contributed by atoms with E-state index >= 15 is 0 Å². The van der Waals surface area contributed by atoms with Gasteiger partial charge < -0.3 is 14.6 Å². The van der Waals surface area contributed by atoms with Crippen molar-refractivity contribution in [3.8, 4) is 0 Å². The largest absolute Gasteiger partial charge is 0.481 e. The first kappa shape index (κ1) is 23.4. The van der Waals surface area contributed by atoms with Crippen LogP contribution in [0.5, 0.6) is 0 Å². The first-order valence-corrected chi connectivity index (χ1v) is 10.1. The van der Waals surface area contributed by atoms with Crippen LogP contribution in [-0.4, -0.2) is 46.3 Å². The molecule has 0 radical (unpaired) electrons. The molecule has 1 aliphatic rings. The van der Waals surface area contributed by atoms with Crippen LogP contribution < -0.4 is 0 Å². The smallest absolute Gasteiger partial charge is 0.411 e. The number of likely N-dealkylation sites (tertiary alicyclic amines) is 1. The summed E-state index contributed by atoms with van der Waals surface area (Å²) < 4.78 is 10.9. The summed E-state index contributed by atoms with van der Waals surface area (Å²) in [6.07, 6.45) is -0.988. The predicted molar refractivity (Wildman–Crippen MR) is 112 cm³/mol. The molecular formula is C23H31NO6. The molecule has 30 heavy (non-hydrogen) atoms. The van der Waals surface area contributed by atoms with E-state index in [1.165, 1.54) is 4.90 Å². The molecule has 0 bridgehead atoms. The molecular weight excluding hydrogens is 386 g/mol. The van der Waals surface area contributed by atoms with E-state index in [0.717, 1.165) is 5.56 Å². The third-order valence-electron chi connectivity index (χ3n) is 5.06. The van der Waals surface area contributed by atoms with Gasteiger partial charge in [-0.05, 0) is 40.2 Å². The number of esters is 1. The molecule has 1 amide bonds. The minimum atomic E-state index is -1.09. The minimum absolute atomic E-state index is 0.116. The maximum Gasteiger partial charge on any atom is 0.411 e. The lowest BCUT2D eigenvalue weighted by atomic mass is 9.78. The van der Waals surface area contributed by atoms with Crippen molar-refractivity contribution in [2.45, 2.75) is 58.7 Å². The van der Waals surface area contributed by atoms with E-state index in [-0.39, 0.29) is 13.0 Å². The summed E-state index contributed by atoms with van der Waals surface area (Å²) in [6.45, 7) is 12.8. The van der Waals surface area contributed by atoms with Crippen LogP contribution in [-0.2, 0) is 19.1 Å². The van der Waals surface area contributed by atoms with Crippen LogP contribution in [0.3, 0.4) is 0 Å². The summed E-state index contributed by atoms with van der Waals surface area (Å²) in [5.41, 5.74) is 0.676. The molecule has 2 rings (SSSR count). The van der Waals surface area contributed by atoms with Gasteiger partial charge in [0.15, 0.2) is 0 Å². The van der Waals surface area contributed by atoms with E-state index in [9.17, 15) is 19.5 Å². The first-order chi connectivity index (χ1) is 14.0. The van der Waals surface area contributed by atoms with Gasteiger partial charge >= 0.3 is 18.0 Å². The first-order valence-electron chi connectivity index (χ1n) is 10.1. The number of rotatable bonds is 6. The van der Waals surface area contributed by atoms with Gasteiger partial charge in [0.1, 0.15) is 11.6 Å². The molecule has 7 heteroatoms. The fraction of sp³-hybridized carbons (Fsp3) is 0.522. The van der Waals surface area contributed by atoms with Crippen LogP contribution in [0.25, 0.3) is 0 Å². The Bertz CT molecular complexity index is 798. The number of hydrogen-bond acceptors (Lipinski definition) is 5. The maximum absolute atomic E-state index is 13.3. The highest BCUT2D eigenvalue weighted by Gasteiger charge is 2.56. The fourth-order valence-corrected chi connectivity index (χ4v) is 4.13. The number of carbonyl (C=O) groups excluding carboxylic acids is 2. The normalized spacial score (nSPS) is 23.7. The van der Waals surface area contributed by atoms with Crippen LogP contribution in [0.1, 0.15) is 52.6 Å². The Morgan fingerprint density at radius 1 is 1.17 bits per heavy atom. The van der Waals surface area contributed by atoms with Crippen molar-refractivity contribution in [2.75, 3.05) is 6.61 Å². The summed E-state index contributed by atoms with van der Waals surface area (Å²) in [6, 6.07) is 7.53. The van der Waals surface area contributed by atoms with Gasteiger partial charge in [-0.1, -0.05) is 42.5 Å². The number of carbonyl (C=O) groups is 3. The maximum atomic E-state index is 13.3. The Labute approximate surface area is 177 Å². The number of aliphatic carboxylic acids is 1. The standard InChI is InChI=1S/C23H31NO6/c1-7-29-21(27)20-16(13-17(25)26)18(14(2)3)19(15-11-9-8-10-12-15)24(20)22(28)30-23(4,5)6/h8-12,16,18-20H,2,7,13H2,1,3-6H3,(H,25,26)/t16-,18+,19+,20-/m0/s1.